The molecule has 0 amide bonds. The van der Waals surface area contributed by atoms with Gasteiger partial charge in [-0.25, -0.2) is 0 Å². The summed E-state index contributed by atoms with van der Waals surface area (Å²) in [5, 5.41) is 3.79. The second kappa shape index (κ2) is 6.91. The van der Waals surface area contributed by atoms with Crippen LogP contribution in [0.3, 0.4) is 0 Å². The predicted molar refractivity (Wildman–Crippen MR) is 86.6 cm³/mol. The number of hydrogen-bond acceptors (Lipinski definition) is 3. The average molecular weight is 288 g/mol. The summed E-state index contributed by atoms with van der Waals surface area (Å²) in [6, 6.07) is 10.8. The Morgan fingerprint density at radius 1 is 1.29 bits per heavy atom. The molecule has 2 aliphatic carbocycles. The van der Waals surface area contributed by atoms with Gasteiger partial charge in [-0.15, -0.1) is 0 Å². The van der Waals surface area contributed by atoms with Crippen molar-refractivity contribution < 1.29 is 4.74 Å². The quantitative estimate of drug-likeness (QED) is 0.796. The van der Waals surface area contributed by atoms with E-state index in [4.69, 9.17) is 4.74 Å². The molecule has 0 radical (unpaired) electrons. The van der Waals surface area contributed by atoms with E-state index in [1.54, 1.807) is 7.11 Å². The maximum Gasteiger partial charge on any atom is 0.0589 e. The van der Waals surface area contributed by atoms with Crippen LogP contribution in [-0.4, -0.2) is 43.8 Å². The highest BCUT2D eigenvalue weighted by Crippen LogP contribution is 2.39. The Labute approximate surface area is 128 Å². The number of nitrogens with one attached hydrogen (secondary N) is 1. The summed E-state index contributed by atoms with van der Waals surface area (Å²) in [4.78, 5) is 2.71. The average Bonchev–Trinajstić information content (AvgIpc) is 3.28. The van der Waals surface area contributed by atoms with Gasteiger partial charge in [0.05, 0.1) is 6.61 Å². The lowest BCUT2D eigenvalue weighted by molar-refractivity contribution is 0.101. The first-order chi connectivity index (χ1) is 10.3. The molecule has 0 aromatic heterocycles. The van der Waals surface area contributed by atoms with Gasteiger partial charge >= 0.3 is 0 Å². The molecule has 0 heterocycles. The number of ether oxygens (including phenoxy) is 1. The predicted octanol–water partition coefficient (Wildman–Crippen LogP) is 2.76. The van der Waals surface area contributed by atoms with Gasteiger partial charge in [0.1, 0.15) is 0 Å². The van der Waals surface area contributed by atoms with Gasteiger partial charge in [0.25, 0.3) is 0 Å². The first-order valence-electron chi connectivity index (χ1n) is 8.41. The maximum atomic E-state index is 5.34. The minimum absolute atomic E-state index is 0.485. The molecule has 2 atom stereocenters. The molecule has 0 spiro atoms. The van der Waals surface area contributed by atoms with E-state index < -0.39 is 0 Å². The summed E-state index contributed by atoms with van der Waals surface area (Å²) in [6.45, 7) is 5.23. The molecule has 0 saturated heterocycles. The van der Waals surface area contributed by atoms with Gasteiger partial charge in [-0.2, -0.15) is 0 Å². The smallest absolute Gasteiger partial charge is 0.0589 e. The molecule has 21 heavy (non-hydrogen) atoms. The van der Waals surface area contributed by atoms with Crippen LogP contribution in [-0.2, 0) is 11.2 Å². The molecule has 2 aliphatic rings. The number of hydrogen-bond donors (Lipinski definition) is 1. The molecule has 116 valence electrons. The molecule has 0 aliphatic heterocycles. The number of fused-ring (bicyclic) bond motifs is 1. The topological polar surface area (TPSA) is 24.5 Å². The molecule has 2 unspecified atom stereocenters. The largest absolute Gasteiger partial charge is 0.383 e. The van der Waals surface area contributed by atoms with E-state index in [9.17, 15) is 0 Å². The van der Waals surface area contributed by atoms with Crippen LogP contribution < -0.4 is 5.32 Å². The van der Waals surface area contributed by atoms with Gasteiger partial charge in [-0.05, 0) is 43.4 Å². The Balaban J connectivity index is 1.79. The van der Waals surface area contributed by atoms with E-state index in [1.807, 2.05) is 0 Å². The Morgan fingerprint density at radius 3 is 2.81 bits per heavy atom. The van der Waals surface area contributed by atoms with Crippen molar-refractivity contribution >= 4 is 0 Å². The van der Waals surface area contributed by atoms with Crippen molar-refractivity contribution in [1.29, 1.82) is 0 Å². The molecule has 3 rings (SSSR count). The molecular weight excluding hydrogens is 260 g/mol. The van der Waals surface area contributed by atoms with Crippen LogP contribution in [0.25, 0.3) is 0 Å². The fourth-order valence-corrected chi connectivity index (χ4v) is 3.65. The van der Waals surface area contributed by atoms with Crippen LogP contribution in [0.1, 0.15) is 43.4 Å². The zero-order valence-corrected chi connectivity index (χ0v) is 13.3. The molecule has 1 saturated carbocycles. The van der Waals surface area contributed by atoms with E-state index in [-0.39, 0.29) is 0 Å². The second-order valence-electron chi connectivity index (χ2n) is 6.36. The Morgan fingerprint density at radius 2 is 2.10 bits per heavy atom. The lowest BCUT2D eigenvalue weighted by Gasteiger charge is -2.34. The first kappa shape index (κ1) is 15.0. The summed E-state index contributed by atoms with van der Waals surface area (Å²) < 4.78 is 5.34. The highest BCUT2D eigenvalue weighted by Gasteiger charge is 2.41. The van der Waals surface area contributed by atoms with E-state index in [0.717, 1.165) is 25.7 Å². The highest BCUT2D eigenvalue weighted by molar-refractivity contribution is 5.37. The third-order valence-corrected chi connectivity index (χ3v) is 4.81. The van der Waals surface area contributed by atoms with Crippen molar-refractivity contribution in [2.45, 2.75) is 50.7 Å². The number of rotatable bonds is 8. The van der Waals surface area contributed by atoms with Crippen molar-refractivity contribution in [2.75, 3.05) is 26.8 Å². The van der Waals surface area contributed by atoms with Crippen molar-refractivity contribution in [3.8, 4) is 0 Å². The maximum absolute atomic E-state index is 5.34. The normalized spacial score (nSPS) is 24.5. The molecule has 1 N–H and O–H groups in total. The molecule has 1 aromatic carbocycles. The molecule has 3 heteroatoms. The molecule has 1 aromatic rings. The van der Waals surface area contributed by atoms with Crippen LogP contribution in [0, 0.1) is 0 Å². The van der Waals surface area contributed by atoms with Crippen molar-refractivity contribution in [3.05, 3.63) is 35.4 Å². The number of benzene rings is 1. The van der Waals surface area contributed by atoms with Gasteiger partial charge in [0.15, 0.2) is 0 Å². The molecule has 1 fully saturated rings. The molecular formula is C18H28N2O. The van der Waals surface area contributed by atoms with Crippen molar-refractivity contribution in [3.63, 3.8) is 0 Å². The van der Waals surface area contributed by atoms with Crippen LogP contribution in [0.2, 0.25) is 0 Å². The minimum Gasteiger partial charge on any atom is -0.383 e. The third-order valence-electron chi connectivity index (χ3n) is 4.81. The van der Waals surface area contributed by atoms with Gasteiger partial charge < -0.3 is 10.1 Å². The lowest BCUT2D eigenvalue weighted by Crippen LogP contribution is -2.45. The number of methoxy groups -OCH3 is 1. The lowest BCUT2D eigenvalue weighted by atomic mass is 10.1. The number of nitrogens with zero attached hydrogens (tertiary/aromatic N) is 1. The van der Waals surface area contributed by atoms with Crippen LogP contribution >= 0.6 is 0 Å². The summed E-state index contributed by atoms with van der Waals surface area (Å²) in [5.74, 6) is 0. The monoisotopic (exact) mass is 288 g/mol. The summed E-state index contributed by atoms with van der Waals surface area (Å²) in [6.07, 6.45) is 5.08. The van der Waals surface area contributed by atoms with E-state index in [0.29, 0.717) is 12.1 Å². The summed E-state index contributed by atoms with van der Waals surface area (Å²) >= 11 is 0. The SMILES string of the molecule is CCCNC1c2ccccc2CC1N(CCOC)C1CC1. The van der Waals surface area contributed by atoms with Gasteiger partial charge in [-0.1, -0.05) is 31.2 Å². The van der Waals surface area contributed by atoms with Gasteiger partial charge in [-0.3, -0.25) is 4.90 Å². The minimum atomic E-state index is 0.485. The van der Waals surface area contributed by atoms with Crippen LogP contribution in [0.5, 0.6) is 0 Å². The fourth-order valence-electron chi connectivity index (χ4n) is 3.65. The van der Waals surface area contributed by atoms with Gasteiger partial charge in [0.2, 0.25) is 0 Å². The van der Waals surface area contributed by atoms with E-state index in [1.165, 1.54) is 36.8 Å². The van der Waals surface area contributed by atoms with Crippen molar-refractivity contribution in [2.24, 2.45) is 0 Å². The van der Waals surface area contributed by atoms with Gasteiger partial charge in [0, 0.05) is 31.8 Å². The second-order valence-corrected chi connectivity index (χ2v) is 6.36. The fraction of sp³-hybridized carbons (Fsp3) is 0.667. The third kappa shape index (κ3) is 3.31. The zero-order chi connectivity index (χ0) is 14.7. The Bertz CT molecular complexity index is 458. The van der Waals surface area contributed by atoms with E-state index in [2.05, 4.69) is 41.4 Å². The van der Waals surface area contributed by atoms with E-state index >= 15 is 0 Å². The molecule has 0 bridgehead atoms. The van der Waals surface area contributed by atoms with Crippen LogP contribution in [0.4, 0.5) is 0 Å². The highest BCUT2D eigenvalue weighted by atomic mass is 16.5. The standard InChI is InChI=1S/C18H28N2O/c1-3-10-19-18-16-7-5-4-6-14(16)13-17(18)20(11-12-21-2)15-8-9-15/h4-7,15,17-19H,3,8-13H2,1-2H3. The summed E-state index contributed by atoms with van der Waals surface area (Å²) in [7, 11) is 1.81. The van der Waals surface area contributed by atoms with Crippen LogP contribution in [0.15, 0.2) is 24.3 Å². The zero-order valence-electron chi connectivity index (χ0n) is 13.3. The molecule has 3 nitrogen and oxygen atoms in total. The Hall–Kier alpha value is -0.900. The first-order valence-corrected chi connectivity index (χ1v) is 8.41. The summed E-state index contributed by atoms with van der Waals surface area (Å²) in [5.41, 5.74) is 3.04. The van der Waals surface area contributed by atoms with Crippen molar-refractivity contribution in [1.82, 2.24) is 10.2 Å². The Kier molecular flexibility index (Phi) is 4.94.